The van der Waals surface area contributed by atoms with Crippen LogP contribution >= 0.6 is 0 Å². The summed E-state index contributed by atoms with van der Waals surface area (Å²) in [6.07, 6.45) is 1.39. The summed E-state index contributed by atoms with van der Waals surface area (Å²) in [5.41, 5.74) is -0.0563. The van der Waals surface area contributed by atoms with Crippen LogP contribution < -0.4 is 10.1 Å². The van der Waals surface area contributed by atoms with Crippen molar-refractivity contribution in [3.63, 3.8) is 0 Å². The van der Waals surface area contributed by atoms with E-state index in [4.69, 9.17) is 4.74 Å². The molecule has 0 saturated carbocycles. The van der Waals surface area contributed by atoms with Crippen LogP contribution in [0.1, 0.15) is 34.7 Å². The van der Waals surface area contributed by atoms with Gasteiger partial charge in [-0.1, -0.05) is 5.21 Å². The van der Waals surface area contributed by atoms with Crippen LogP contribution in [-0.2, 0) is 7.05 Å². The van der Waals surface area contributed by atoms with Crippen molar-refractivity contribution in [1.82, 2.24) is 25.2 Å². The predicted molar refractivity (Wildman–Crippen MR) is 94.2 cm³/mol. The molecule has 9 nitrogen and oxygen atoms in total. The molecule has 0 aliphatic rings. The van der Waals surface area contributed by atoms with Crippen molar-refractivity contribution in [2.75, 3.05) is 20.7 Å². The molecule has 26 heavy (non-hydrogen) atoms. The van der Waals surface area contributed by atoms with Gasteiger partial charge in [-0.05, 0) is 32.0 Å². The number of carbonyl (C=O) groups is 2. The Balaban J connectivity index is 2.05. The molecule has 1 heterocycles. The quantitative estimate of drug-likeness (QED) is 0.788. The van der Waals surface area contributed by atoms with E-state index in [1.807, 2.05) is 0 Å². The molecule has 2 aromatic rings. The lowest BCUT2D eigenvalue weighted by molar-refractivity contribution is 0.0721. The zero-order chi connectivity index (χ0) is 19.5. The Morgan fingerprint density at radius 1 is 1.38 bits per heavy atom. The Morgan fingerprint density at radius 2 is 2.08 bits per heavy atom. The van der Waals surface area contributed by atoms with Gasteiger partial charge in [-0.2, -0.15) is 0 Å². The van der Waals surface area contributed by atoms with Gasteiger partial charge in [0, 0.05) is 26.2 Å². The van der Waals surface area contributed by atoms with Crippen molar-refractivity contribution in [3.8, 4) is 11.5 Å². The number of aromatic nitrogens is 3. The normalized spacial score (nSPS) is 11.1. The molecule has 1 aromatic carbocycles. The van der Waals surface area contributed by atoms with E-state index in [0.717, 1.165) is 0 Å². The number of benzene rings is 1. The fourth-order valence-electron chi connectivity index (χ4n) is 2.59. The Hall–Kier alpha value is -3.10. The van der Waals surface area contributed by atoms with Gasteiger partial charge >= 0.3 is 0 Å². The van der Waals surface area contributed by atoms with Gasteiger partial charge in [-0.15, -0.1) is 5.10 Å². The highest BCUT2D eigenvalue weighted by Crippen LogP contribution is 2.26. The third-order valence-electron chi connectivity index (χ3n) is 3.81. The maximum Gasteiger partial charge on any atom is 0.273 e. The highest BCUT2D eigenvalue weighted by molar-refractivity contribution is 5.95. The van der Waals surface area contributed by atoms with Crippen molar-refractivity contribution in [1.29, 1.82) is 0 Å². The number of phenols is 1. The monoisotopic (exact) mass is 361 g/mol. The molecule has 0 unspecified atom stereocenters. The minimum atomic E-state index is -0.705. The first-order chi connectivity index (χ1) is 12.1. The van der Waals surface area contributed by atoms with Gasteiger partial charge in [0.2, 0.25) is 0 Å². The van der Waals surface area contributed by atoms with E-state index in [0.29, 0.717) is 11.3 Å². The molecule has 2 N–H and O–H groups in total. The first-order valence-electron chi connectivity index (χ1n) is 7.94. The molecule has 2 rings (SSSR count). The molecular weight excluding hydrogens is 338 g/mol. The van der Waals surface area contributed by atoms with Crippen LogP contribution in [0.25, 0.3) is 0 Å². The summed E-state index contributed by atoms with van der Waals surface area (Å²) in [6, 6.07) is 4.41. The first kappa shape index (κ1) is 19.2. The molecule has 0 radical (unpaired) electrons. The number of hydrogen-bond acceptors (Lipinski definition) is 6. The average molecular weight is 361 g/mol. The van der Waals surface area contributed by atoms with Crippen LogP contribution in [0, 0.1) is 0 Å². The summed E-state index contributed by atoms with van der Waals surface area (Å²) < 4.78 is 6.36. The molecule has 0 bridgehead atoms. The van der Waals surface area contributed by atoms with E-state index in [9.17, 15) is 14.7 Å². The number of phenolic OH excluding ortho intramolecular Hbond substituents is 1. The van der Waals surface area contributed by atoms with Crippen molar-refractivity contribution in [3.05, 3.63) is 35.7 Å². The standard InChI is InChI=1S/C17H23N5O4/c1-17(2,10-21(3)16(25)12-9-18-20-22(12)4)19-15(24)11-6-7-14(26-5)13(23)8-11/h6-9,23H,10H2,1-5H3,(H,19,24). The van der Waals surface area contributed by atoms with Gasteiger partial charge in [-0.25, -0.2) is 4.68 Å². The summed E-state index contributed by atoms with van der Waals surface area (Å²) in [5, 5.41) is 20.1. The summed E-state index contributed by atoms with van der Waals surface area (Å²) >= 11 is 0. The van der Waals surface area contributed by atoms with E-state index in [2.05, 4.69) is 15.6 Å². The Bertz CT molecular complexity index is 815. The van der Waals surface area contributed by atoms with Crippen LogP contribution in [0.5, 0.6) is 11.5 Å². The molecule has 0 atom stereocenters. The third-order valence-corrected chi connectivity index (χ3v) is 3.81. The number of likely N-dealkylation sites (N-methyl/N-ethyl adjacent to an activating group) is 1. The lowest BCUT2D eigenvalue weighted by atomic mass is 10.0. The van der Waals surface area contributed by atoms with E-state index >= 15 is 0 Å². The second kappa shape index (κ2) is 7.42. The predicted octanol–water partition coefficient (Wildman–Crippen LogP) is 0.810. The lowest BCUT2D eigenvalue weighted by Crippen LogP contribution is -2.52. The number of ether oxygens (including phenoxy) is 1. The van der Waals surface area contributed by atoms with Gasteiger partial charge in [0.05, 0.1) is 18.8 Å². The number of nitrogens with zero attached hydrogens (tertiary/aromatic N) is 4. The highest BCUT2D eigenvalue weighted by Gasteiger charge is 2.27. The lowest BCUT2D eigenvalue weighted by Gasteiger charge is -2.31. The summed E-state index contributed by atoms with van der Waals surface area (Å²) in [6.45, 7) is 3.88. The molecule has 0 spiro atoms. The SMILES string of the molecule is COc1ccc(C(=O)NC(C)(C)CN(C)C(=O)c2cnnn2C)cc1O. The molecule has 0 aliphatic heterocycles. The van der Waals surface area contributed by atoms with E-state index < -0.39 is 5.54 Å². The smallest absolute Gasteiger partial charge is 0.273 e. The van der Waals surface area contributed by atoms with Crippen molar-refractivity contribution in [2.24, 2.45) is 7.05 Å². The zero-order valence-electron chi connectivity index (χ0n) is 15.5. The van der Waals surface area contributed by atoms with Gasteiger partial charge in [0.15, 0.2) is 11.5 Å². The van der Waals surface area contributed by atoms with Gasteiger partial charge in [0.25, 0.3) is 11.8 Å². The number of hydrogen-bond donors (Lipinski definition) is 2. The fourth-order valence-corrected chi connectivity index (χ4v) is 2.59. The topological polar surface area (TPSA) is 110 Å². The molecule has 0 aliphatic carbocycles. The number of aryl methyl sites for hydroxylation is 1. The van der Waals surface area contributed by atoms with Crippen LogP contribution in [0.3, 0.4) is 0 Å². The number of methoxy groups -OCH3 is 1. The zero-order valence-corrected chi connectivity index (χ0v) is 15.5. The Kier molecular flexibility index (Phi) is 5.49. The van der Waals surface area contributed by atoms with Crippen molar-refractivity contribution >= 4 is 11.8 Å². The molecule has 0 fully saturated rings. The first-order valence-corrected chi connectivity index (χ1v) is 7.94. The molecule has 1 aromatic heterocycles. The largest absolute Gasteiger partial charge is 0.504 e. The third kappa shape index (κ3) is 4.29. The van der Waals surface area contributed by atoms with Crippen LogP contribution in [-0.4, -0.2) is 63.1 Å². The summed E-state index contributed by atoms with van der Waals surface area (Å²) in [4.78, 5) is 26.4. The van der Waals surface area contributed by atoms with Crippen molar-refractivity contribution < 1.29 is 19.4 Å². The molecular formula is C17H23N5O4. The molecule has 140 valence electrons. The van der Waals surface area contributed by atoms with Crippen molar-refractivity contribution in [2.45, 2.75) is 19.4 Å². The maximum absolute atomic E-state index is 12.5. The van der Waals surface area contributed by atoms with Crippen LogP contribution in [0.15, 0.2) is 24.4 Å². The minimum Gasteiger partial charge on any atom is -0.504 e. The van der Waals surface area contributed by atoms with E-state index in [-0.39, 0.29) is 29.9 Å². The number of carbonyl (C=O) groups excluding carboxylic acids is 2. The highest BCUT2D eigenvalue weighted by atomic mass is 16.5. The second-order valence-corrected chi connectivity index (χ2v) is 6.63. The van der Waals surface area contributed by atoms with Crippen LogP contribution in [0.4, 0.5) is 0 Å². The number of rotatable bonds is 6. The Morgan fingerprint density at radius 3 is 2.62 bits per heavy atom. The maximum atomic E-state index is 12.5. The minimum absolute atomic E-state index is 0.117. The van der Waals surface area contributed by atoms with E-state index in [1.165, 1.54) is 35.0 Å². The summed E-state index contributed by atoms with van der Waals surface area (Å²) in [5.74, 6) is -0.442. The molecule has 9 heteroatoms. The average Bonchev–Trinajstić information content (AvgIpc) is 2.99. The van der Waals surface area contributed by atoms with Gasteiger partial charge < -0.3 is 20.1 Å². The Labute approximate surface area is 151 Å². The molecule has 0 saturated heterocycles. The van der Waals surface area contributed by atoms with Crippen LogP contribution in [0.2, 0.25) is 0 Å². The number of aromatic hydroxyl groups is 1. The molecule has 2 amide bonds. The van der Waals surface area contributed by atoms with E-state index in [1.54, 1.807) is 34.0 Å². The number of amides is 2. The van der Waals surface area contributed by atoms with Gasteiger partial charge in [-0.3, -0.25) is 9.59 Å². The fraction of sp³-hybridized carbons (Fsp3) is 0.412. The second-order valence-electron chi connectivity index (χ2n) is 6.63. The summed E-state index contributed by atoms with van der Waals surface area (Å²) in [7, 11) is 4.71. The number of nitrogens with one attached hydrogen (secondary N) is 1. The van der Waals surface area contributed by atoms with Gasteiger partial charge in [0.1, 0.15) is 5.69 Å².